The maximum atomic E-state index is 12.0. The summed E-state index contributed by atoms with van der Waals surface area (Å²) in [6.07, 6.45) is -0.637. The van der Waals surface area contributed by atoms with Gasteiger partial charge in [-0.1, -0.05) is 0 Å². The number of rotatable bonds is 6. The average Bonchev–Trinajstić information content (AvgIpc) is 2.95. The number of alkyl halides is 1. The quantitative estimate of drug-likeness (QED) is 0.827. The Morgan fingerprint density at radius 1 is 1.38 bits per heavy atom. The topological polar surface area (TPSA) is 60.5 Å². The molecule has 0 aliphatic heterocycles. The second-order valence-corrected chi connectivity index (χ2v) is 5.33. The predicted molar refractivity (Wildman–Crippen MR) is 83.4 cm³/mol. The fourth-order valence-corrected chi connectivity index (χ4v) is 2.49. The van der Waals surface area contributed by atoms with Gasteiger partial charge in [0.25, 0.3) is 5.91 Å². The monoisotopic (exact) mass is 326 g/mol. The molecule has 0 spiro atoms. The van der Waals surface area contributed by atoms with E-state index in [1.807, 2.05) is 0 Å². The van der Waals surface area contributed by atoms with Crippen molar-refractivity contribution in [2.45, 2.75) is 18.9 Å². The number of nitrogens with zero attached hydrogens (tertiary/aromatic N) is 1. The Hall–Kier alpha value is -1.79. The maximum Gasteiger partial charge on any atom is 0.266 e. The van der Waals surface area contributed by atoms with Crippen molar-refractivity contribution < 1.29 is 14.3 Å². The average molecular weight is 327 g/mol. The molecule has 1 aromatic carbocycles. The number of hydrogen-bond donors (Lipinski definition) is 1. The van der Waals surface area contributed by atoms with Gasteiger partial charge >= 0.3 is 0 Å². The highest BCUT2D eigenvalue weighted by Gasteiger charge is 2.16. The van der Waals surface area contributed by atoms with Crippen LogP contribution in [-0.4, -0.2) is 24.1 Å². The molecule has 7 heteroatoms. The summed E-state index contributed by atoms with van der Waals surface area (Å²) in [4.78, 5) is 16.2. The first-order valence-electron chi connectivity index (χ1n) is 6.24. The van der Waals surface area contributed by atoms with Gasteiger partial charge in [0, 0.05) is 5.38 Å². The molecule has 0 radical (unpaired) electrons. The van der Waals surface area contributed by atoms with Gasteiger partial charge in [-0.05, 0) is 31.2 Å². The van der Waals surface area contributed by atoms with Crippen LogP contribution in [0.1, 0.15) is 12.6 Å². The second kappa shape index (κ2) is 7.28. The van der Waals surface area contributed by atoms with E-state index in [1.165, 1.54) is 11.3 Å². The summed E-state index contributed by atoms with van der Waals surface area (Å²) in [7, 11) is 1.59. The highest BCUT2D eigenvalue weighted by atomic mass is 35.5. The van der Waals surface area contributed by atoms with E-state index in [4.69, 9.17) is 21.1 Å². The molecule has 1 amide bonds. The summed E-state index contributed by atoms with van der Waals surface area (Å²) in [6, 6.07) is 7.04. The minimum Gasteiger partial charge on any atom is -0.497 e. The molecule has 1 heterocycles. The summed E-state index contributed by atoms with van der Waals surface area (Å²) >= 11 is 7.00. The van der Waals surface area contributed by atoms with Gasteiger partial charge in [0.05, 0.1) is 18.7 Å². The zero-order valence-electron chi connectivity index (χ0n) is 11.6. The number of amides is 1. The molecule has 1 aromatic heterocycles. The van der Waals surface area contributed by atoms with E-state index < -0.39 is 6.10 Å². The SMILES string of the molecule is COc1ccc(OC(C)C(=O)Nc2nc(CCl)cs2)cc1. The smallest absolute Gasteiger partial charge is 0.266 e. The van der Waals surface area contributed by atoms with E-state index in [0.717, 1.165) is 11.4 Å². The second-order valence-electron chi connectivity index (χ2n) is 4.20. The molecule has 2 rings (SSSR count). The molecule has 112 valence electrons. The van der Waals surface area contributed by atoms with Crippen molar-refractivity contribution in [1.82, 2.24) is 4.98 Å². The fraction of sp³-hybridized carbons (Fsp3) is 0.286. The predicted octanol–water partition coefficient (Wildman–Crippen LogP) is 3.30. The van der Waals surface area contributed by atoms with Gasteiger partial charge in [-0.25, -0.2) is 4.98 Å². The Bertz CT molecular complexity index is 601. The summed E-state index contributed by atoms with van der Waals surface area (Å²) in [5, 5.41) is 5.02. The van der Waals surface area contributed by atoms with Crippen LogP contribution >= 0.6 is 22.9 Å². The number of methoxy groups -OCH3 is 1. The van der Waals surface area contributed by atoms with Crippen molar-refractivity contribution in [1.29, 1.82) is 0 Å². The number of thiazole rings is 1. The molecule has 5 nitrogen and oxygen atoms in total. The molecule has 1 atom stereocenters. The first-order chi connectivity index (χ1) is 10.1. The lowest BCUT2D eigenvalue weighted by Crippen LogP contribution is -2.30. The number of carbonyl (C=O) groups is 1. The standard InChI is InChI=1S/C14H15ClN2O3S/c1-9(20-12-5-3-11(19-2)4-6-12)13(18)17-14-16-10(7-15)8-21-14/h3-6,8-9H,7H2,1-2H3,(H,16,17,18). The summed E-state index contributed by atoms with van der Waals surface area (Å²) in [6.45, 7) is 1.68. The van der Waals surface area contributed by atoms with Crippen LogP contribution in [0, 0.1) is 0 Å². The minimum absolute atomic E-state index is 0.263. The lowest BCUT2D eigenvalue weighted by molar-refractivity contribution is -0.122. The first-order valence-corrected chi connectivity index (χ1v) is 7.65. The van der Waals surface area contributed by atoms with Crippen LogP contribution in [0.15, 0.2) is 29.6 Å². The number of aromatic nitrogens is 1. The number of hydrogen-bond acceptors (Lipinski definition) is 5. The Balaban J connectivity index is 1.92. The molecular formula is C14H15ClN2O3S. The third-order valence-electron chi connectivity index (χ3n) is 2.66. The van der Waals surface area contributed by atoms with Gasteiger partial charge in [0.15, 0.2) is 11.2 Å². The van der Waals surface area contributed by atoms with E-state index in [-0.39, 0.29) is 5.91 Å². The molecule has 0 fully saturated rings. The van der Waals surface area contributed by atoms with Crippen LogP contribution in [0.2, 0.25) is 0 Å². The summed E-state index contributed by atoms with van der Waals surface area (Å²) in [5.74, 6) is 1.39. The van der Waals surface area contributed by atoms with Gasteiger partial charge < -0.3 is 9.47 Å². The Kier molecular flexibility index (Phi) is 5.41. The third kappa shape index (κ3) is 4.34. The molecule has 0 bridgehead atoms. The Morgan fingerprint density at radius 3 is 2.62 bits per heavy atom. The normalized spacial score (nSPS) is 11.8. The first kappa shape index (κ1) is 15.6. The van der Waals surface area contributed by atoms with Crippen LogP contribution in [0.3, 0.4) is 0 Å². The molecular weight excluding hydrogens is 312 g/mol. The maximum absolute atomic E-state index is 12.0. The molecule has 0 saturated carbocycles. The lowest BCUT2D eigenvalue weighted by atomic mass is 10.3. The van der Waals surface area contributed by atoms with Crippen LogP contribution in [0.25, 0.3) is 0 Å². The molecule has 1 unspecified atom stereocenters. The van der Waals surface area contributed by atoms with Gasteiger partial charge in [-0.3, -0.25) is 10.1 Å². The van der Waals surface area contributed by atoms with Crippen molar-refractivity contribution in [3.8, 4) is 11.5 Å². The molecule has 21 heavy (non-hydrogen) atoms. The van der Waals surface area contributed by atoms with Crippen molar-refractivity contribution in [2.75, 3.05) is 12.4 Å². The fourth-order valence-electron chi connectivity index (χ4n) is 1.54. The number of anilines is 1. The van der Waals surface area contributed by atoms with E-state index >= 15 is 0 Å². The number of benzene rings is 1. The van der Waals surface area contributed by atoms with Crippen LogP contribution < -0.4 is 14.8 Å². The Morgan fingerprint density at radius 2 is 2.05 bits per heavy atom. The highest BCUT2D eigenvalue weighted by molar-refractivity contribution is 7.14. The number of ether oxygens (including phenoxy) is 2. The molecule has 1 N–H and O–H groups in total. The van der Waals surface area contributed by atoms with Gasteiger partial charge in [-0.2, -0.15) is 0 Å². The number of halogens is 1. The van der Waals surface area contributed by atoms with E-state index in [9.17, 15) is 4.79 Å². The van der Waals surface area contributed by atoms with Crippen LogP contribution in [-0.2, 0) is 10.7 Å². The van der Waals surface area contributed by atoms with Gasteiger partial charge in [-0.15, -0.1) is 22.9 Å². The third-order valence-corrected chi connectivity index (χ3v) is 3.74. The van der Waals surface area contributed by atoms with Gasteiger partial charge in [0.1, 0.15) is 11.5 Å². The van der Waals surface area contributed by atoms with Crippen LogP contribution in [0.5, 0.6) is 11.5 Å². The van der Waals surface area contributed by atoms with Crippen molar-refractivity contribution in [3.63, 3.8) is 0 Å². The lowest BCUT2D eigenvalue weighted by Gasteiger charge is -2.13. The summed E-state index contributed by atoms with van der Waals surface area (Å²) < 4.78 is 10.6. The van der Waals surface area contributed by atoms with E-state index in [1.54, 1.807) is 43.7 Å². The molecule has 0 saturated heterocycles. The Labute approximate surface area is 131 Å². The zero-order chi connectivity index (χ0) is 15.2. The highest BCUT2D eigenvalue weighted by Crippen LogP contribution is 2.20. The van der Waals surface area contributed by atoms with Crippen molar-refractivity contribution >= 4 is 34.0 Å². The minimum atomic E-state index is -0.637. The van der Waals surface area contributed by atoms with E-state index in [2.05, 4.69) is 10.3 Å². The van der Waals surface area contributed by atoms with E-state index in [0.29, 0.717) is 16.8 Å². The summed E-state index contributed by atoms with van der Waals surface area (Å²) in [5.41, 5.74) is 0.737. The molecule has 2 aromatic rings. The zero-order valence-corrected chi connectivity index (χ0v) is 13.2. The van der Waals surface area contributed by atoms with Crippen LogP contribution in [0.4, 0.5) is 5.13 Å². The van der Waals surface area contributed by atoms with Crippen molar-refractivity contribution in [2.24, 2.45) is 0 Å². The number of carbonyl (C=O) groups excluding carboxylic acids is 1. The molecule has 0 aliphatic rings. The molecule has 0 aliphatic carbocycles. The largest absolute Gasteiger partial charge is 0.497 e. The number of nitrogens with one attached hydrogen (secondary N) is 1. The van der Waals surface area contributed by atoms with Gasteiger partial charge in [0.2, 0.25) is 0 Å². The van der Waals surface area contributed by atoms with Crippen molar-refractivity contribution in [3.05, 3.63) is 35.3 Å².